The van der Waals surface area contributed by atoms with Gasteiger partial charge in [0, 0.05) is 30.5 Å². The minimum atomic E-state index is -0.117. The van der Waals surface area contributed by atoms with E-state index in [2.05, 4.69) is 10.3 Å². The highest BCUT2D eigenvalue weighted by molar-refractivity contribution is 7.17. The predicted molar refractivity (Wildman–Crippen MR) is 128 cm³/mol. The Bertz CT molecular complexity index is 1290. The topological polar surface area (TPSA) is 73.2 Å². The summed E-state index contributed by atoms with van der Waals surface area (Å²) in [5.41, 5.74) is 3.97. The average molecular weight is 448 g/mol. The largest absolute Gasteiger partial charge is 0.496 e. The summed E-state index contributed by atoms with van der Waals surface area (Å²) >= 11 is 1.46. The van der Waals surface area contributed by atoms with Gasteiger partial charge in [0.2, 0.25) is 5.91 Å². The summed E-state index contributed by atoms with van der Waals surface area (Å²) in [6.45, 7) is 2.82. The monoisotopic (exact) mass is 447 g/mol. The SMILES string of the molecule is COc1ccccc1CCNC(=O)CCn1cnc2scc(-c3ccc(C)cc3)c2c1=O. The van der Waals surface area contributed by atoms with Crippen LogP contribution in [0, 0.1) is 6.92 Å². The first kappa shape index (κ1) is 21.8. The number of aryl methyl sites for hydroxylation is 2. The van der Waals surface area contributed by atoms with Crippen molar-refractivity contribution in [2.45, 2.75) is 26.3 Å². The molecule has 0 spiro atoms. The third-order valence-corrected chi connectivity index (χ3v) is 6.30. The number of fused-ring (bicyclic) bond motifs is 1. The molecule has 0 radical (unpaired) electrons. The number of rotatable bonds is 8. The van der Waals surface area contributed by atoms with Crippen LogP contribution in [0.2, 0.25) is 0 Å². The number of methoxy groups -OCH3 is 1. The molecule has 0 atom stereocenters. The Kier molecular flexibility index (Phi) is 6.66. The Labute approximate surface area is 190 Å². The molecule has 2 heterocycles. The number of hydrogen-bond donors (Lipinski definition) is 1. The molecule has 0 bridgehead atoms. The van der Waals surface area contributed by atoms with Gasteiger partial charge in [-0.25, -0.2) is 4.98 Å². The molecule has 2 aromatic carbocycles. The fraction of sp³-hybridized carbons (Fsp3) is 0.240. The van der Waals surface area contributed by atoms with Gasteiger partial charge in [-0.15, -0.1) is 11.3 Å². The average Bonchev–Trinajstić information content (AvgIpc) is 3.24. The van der Waals surface area contributed by atoms with Gasteiger partial charge in [0.25, 0.3) is 5.56 Å². The predicted octanol–water partition coefficient (Wildman–Crippen LogP) is 4.19. The molecule has 0 saturated heterocycles. The lowest BCUT2D eigenvalue weighted by Gasteiger charge is -2.10. The van der Waals surface area contributed by atoms with E-state index < -0.39 is 0 Å². The van der Waals surface area contributed by atoms with Crippen LogP contribution >= 0.6 is 11.3 Å². The molecule has 0 saturated carbocycles. The summed E-state index contributed by atoms with van der Waals surface area (Å²) in [5.74, 6) is 0.712. The summed E-state index contributed by atoms with van der Waals surface area (Å²) in [5, 5.41) is 5.50. The van der Waals surface area contributed by atoms with E-state index in [1.165, 1.54) is 27.8 Å². The van der Waals surface area contributed by atoms with E-state index in [1.807, 2.05) is 60.8 Å². The van der Waals surface area contributed by atoms with Crippen LogP contribution < -0.4 is 15.6 Å². The van der Waals surface area contributed by atoms with Crippen molar-refractivity contribution in [2.75, 3.05) is 13.7 Å². The number of carbonyl (C=O) groups is 1. The smallest absolute Gasteiger partial charge is 0.262 e. The van der Waals surface area contributed by atoms with E-state index in [-0.39, 0.29) is 24.4 Å². The Hall–Kier alpha value is -3.45. The lowest BCUT2D eigenvalue weighted by molar-refractivity contribution is -0.121. The van der Waals surface area contributed by atoms with Gasteiger partial charge in [-0.1, -0.05) is 48.0 Å². The molecule has 6 nitrogen and oxygen atoms in total. The summed E-state index contributed by atoms with van der Waals surface area (Å²) in [4.78, 5) is 30.6. The molecule has 0 aliphatic carbocycles. The van der Waals surface area contributed by atoms with Crippen molar-refractivity contribution in [3.63, 3.8) is 0 Å². The van der Waals surface area contributed by atoms with Gasteiger partial charge in [0.15, 0.2) is 0 Å². The third-order valence-electron chi connectivity index (χ3n) is 5.41. The van der Waals surface area contributed by atoms with Gasteiger partial charge in [-0.05, 0) is 30.5 Å². The van der Waals surface area contributed by atoms with Crippen LogP contribution in [0.25, 0.3) is 21.3 Å². The van der Waals surface area contributed by atoms with Crippen molar-refractivity contribution in [2.24, 2.45) is 0 Å². The molecule has 0 unspecified atom stereocenters. The van der Waals surface area contributed by atoms with Crippen molar-refractivity contribution in [3.05, 3.63) is 81.7 Å². The zero-order valence-electron chi connectivity index (χ0n) is 18.1. The highest BCUT2D eigenvalue weighted by Crippen LogP contribution is 2.30. The molecule has 7 heteroatoms. The number of thiophene rings is 1. The minimum Gasteiger partial charge on any atom is -0.496 e. The van der Waals surface area contributed by atoms with Gasteiger partial charge >= 0.3 is 0 Å². The number of nitrogens with one attached hydrogen (secondary N) is 1. The van der Waals surface area contributed by atoms with Crippen molar-refractivity contribution in [1.82, 2.24) is 14.9 Å². The maximum Gasteiger partial charge on any atom is 0.262 e. The highest BCUT2D eigenvalue weighted by atomic mass is 32.1. The van der Waals surface area contributed by atoms with E-state index in [0.717, 1.165) is 22.4 Å². The molecule has 1 amide bonds. The van der Waals surface area contributed by atoms with Crippen LogP contribution in [0.3, 0.4) is 0 Å². The van der Waals surface area contributed by atoms with Crippen LogP contribution in [0.5, 0.6) is 5.75 Å². The zero-order chi connectivity index (χ0) is 22.5. The number of amides is 1. The highest BCUT2D eigenvalue weighted by Gasteiger charge is 2.14. The summed E-state index contributed by atoms with van der Waals surface area (Å²) in [6, 6.07) is 15.9. The number of benzene rings is 2. The number of hydrogen-bond acceptors (Lipinski definition) is 5. The van der Waals surface area contributed by atoms with E-state index in [4.69, 9.17) is 4.74 Å². The lowest BCUT2D eigenvalue weighted by atomic mass is 10.1. The van der Waals surface area contributed by atoms with E-state index in [1.54, 1.807) is 7.11 Å². The Balaban J connectivity index is 1.41. The second-order valence-electron chi connectivity index (χ2n) is 7.60. The number of nitrogens with zero attached hydrogens (tertiary/aromatic N) is 2. The van der Waals surface area contributed by atoms with Gasteiger partial charge < -0.3 is 10.1 Å². The standard InChI is InChI=1S/C25H25N3O3S/c1-17-7-9-18(10-8-17)20-15-32-24-23(20)25(30)28(16-27-24)14-12-22(29)26-13-11-19-5-3-4-6-21(19)31-2/h3-10,15-16H,11-14H2,1-2H3,(H,26,29). The van der Waals surface area contributed by atoms with Crippen molar-refractivity contribution < 1.29 is 9.53 Å². The first-order valence-corrected chi connectivity index (χ1v) is 11.4. The van der Waals surface area contributed by atoms with Crippen LogP contribution in [-0.4, -0.2) is 29.1 Å². The maximum atomic E-state index is 13.1. The number of aromatic nitrogens is 2. The number of ether oxygens (including phenoxy) is 1. The van der Waals surface area contributed by atoms with E-state index in [0.29, 0.717) is 23.2 Å². The fourth-order valence-corrected chi connectivity index (χ4v) is 4.54. The van der Waals surface area contributed by atoms with Crippen LogP contribution in [0.1, 0.15) is 17.5 Å². The second-order valence-corrected chi connectivity index (χ2v) is 8.46. The Morgan fingerprint density at radius 2 is 1.94 bits per heavy atom. The molecule has 4 rings (SSSR count). The number of para-hydroxylation sites is 1. The molecule has 0 aliphatic heterocycles. The zero-order valence-corrected chi connectivity index (χ0v) is 18.9. The van der Waals surface area contributed by atoms with Crippen molar-refractivity contribution in [1.29, 1.82) is 0 Å². The van der Waals surface area contributed by atoms with Gasteiger partial charge in [-0.2, -0.15) is 0 Å². The van der Waals surface area contributed by atoms with Gasteiger partial charge in [0.05, 0.1) is 18.8 Å². The first-order chi connectivity index (χ1) is 15.6. The molecule has 0 aliphatic rings. The normalized spacial score (nSPS) is 10.9. The molecule has 4 aromatic rings. The molecule has 164 valence electrons. The van der Waals surface area contributed by atoms with Gasteiger partial charge in [0.1, 0.15) is 10.6 Å². The van der Waals surface area contributed by atoms with Crippen LogP contribution in [0.15, 0.2) is 65.0 Å². The Morgan fingerprint density at radius 3 is 2.72 bits per heavy atom. The number of carbonyl (C=O) groups excluding carboxylic acids is 1. The molecule has 1 N–H and O–H groups in total. The summed E-state index contributed by atoms with van der Waals surface area (Å²) in [6.07, 6.45) is 2.42. The minimum absolute atomic E-state index is 0.101. The summed E-state index contributed by atoms with van der Waals surface area (Å²) < 4.78 is 6.86. The third kappa shape index (κ3) is 4.73. The van der Waals surface area contributed by atoms with E-state index in [9.17, 15) is 9.59 Å². The molecule has 32 heavy (non-hydrogen) atoms. The van der Waals surface area contributed by atoms with Crippen LogP contribution in [0.4, 0.5) is 0 Å². The van der Waals surface area contributed by atoms with Gasteiger partial charge in [-0.3, -0.25) is 14.2 Å². The maximum absolute atomic E-state index is 13.1. The quantitative estimate of drug-likeness (QED) is 0.440. The fourth-order valence-electron chi connectivity index (χ4n) is 3.63. The van der Waals surface area contributed by atoms with Crippen molar-refractivity contribution >= 4 is 27.5 Å². The summed E-state index contributed by atoms with van der Waals surface area (Å²) in [7, 11) is 1.64. The van der Waals surface area contributed by atoms with Crippen molar-refractivity contribution in [3.8, 4) is 16.9 Å². The molecule has 0 fully saturated rings. The van der Waals surface area contributed by atoms with E-state index >= 15 is 0 Å². The molecular formula is C25H25N3O3S. The molecule has 2 aromatic heterocycles. The second kappa shape index (κ2) is 9.78. The lowest BCUT2D eigenvalue weighted by Crippen LogP contribution is -2.29. The molecular weight excluding hydrogens is 422 g/mol. The van der Waals surface area contributed by atoms with Crippen LogP contribution in [-0.2, 0) is 17.8 Å². The Morgan fingerprint density at radius 1 is 1.16 bits per heavy atom. The first-order valence-electron chi connectivity index (χ1n) is 10.5.